The van der Waals surface area contributed by atoms with Crippen LogP contribution in [0.15, 0.2) is 45.8 Å². The average Bonchev–Trinajstić information content (AvgIpc) is 3.03. The number of carbonyl (C=O) groups is 1. The minimum atomic E-state index is -4.01. The molecule has 0 aliphatic carbocycles. The number of rotatable bonds is 6. The third-order valence-electron chi connectivity index (χ3n) is 4.33. The highest BCUT2D eigenvalue weighted by Gasteiger charge is 2.24. The van der Waals surface area contributed by atoms with Crippen LogP contribution in [0.2, 0.25) is 5.02 Å². The van der Waals surface area contributed by atoms with Crippen LogP contribution in [0.5, 0.6) is 5.75 Å². The van der Waals surface area contributed by atoms with Crippen molar-refractivity contribution >= 4 is 39.1 Å². The summed E-state index contributed by atoms with van der Waals surface area (Å²) in [6.45, 7) is 4.78. The summed E-state index contributed by atoms with van der Waals surface area (Å²) in [4.78, 5) is 11.4. The zero-order valence-corrected chi connectivity index (χ0v) is 18.3. The fourth-order valence-corrected chi connectivity index (χ4v) is 4.49. The van der Waals surface area contributed by atoms with Crippen LogP contribution in [0.1, 0.15) is 18.2 Å². The Bertz CT molecular complexity index is 1220. The lowest BCUT2D eigenvalue weighted by atomic mass is 10.1. The molecule has 0 fully saturated rings. The van der Waals surface area contributed by atoms with E-state index in [0.29, 0.717) is 33.1 Å². The number of ether oxygens (including phenoxy) is 1. The van der Waals surface area contributed by atoms with E-state index < -0.39 is 10.0 Å². The van der Waals surface area contributed by atoms with Crippen LogP contribution < -0.4 is 14.8 Å². The minimum Gasteiger partial charge on any atom is -0.495 e. The highest BCUT2D eigenvalue weighted by Crippen LogP contribution is 2.36. The van der Waals surface area contributed by atoms with E-state index in [-0.39, 0.29) is 22.4 Å². The Morgan fingerprint density at radius 2 is 1.90 bits per heavy atom. The van der Waals surface area contributed by atoms with E-state index in [1.54, 1.807) is 38.1 Å². The van der Waals surface area contributed by atoms with Crippen molar-refractivity contribution in [3.05, 3.63) is 52.7 Å². The fourth-order valence-electron chi connectivity index (χ4n) is 2.94. The number of benzene rings is 2. The molecule has 2 N–H and O–H groups in total. The van der Waals surface area contributed by atoms with Crippen LogP contribution in [-0.2, 0) is 14.8 Å². The molecule has 1 aromatic heterocycles. The highest BCUT2D eigenvalue weighted by atomic mass is 35.5. The summed E-state index contributed by atoms with van der Waals surface area (Å²) in [6, 6.07) is 9.48. The number of carbonyl (C=O) groups excluding carboxylic acids is 1. The molecule has 0 aliphatic heterocycles. The second-order valence-corrected chi connectivity index (χ2v) is 8.67. The number of aryl methyl sites for hydroxylation is 2. The average molecular weight is 450 g/mol. The number of anilines is 2. The van der Waals surface area contributed by atoms with Gasteiger partial charge in [-0.3, -0.25) is 14.8 Å². The predicted molar refractivity (Wildman–Crippen MR) is 115 cm³/mol. The number of aromatic nitrogens is 1. The van der Waals surface area contributed by atoms with Gasteiger partial charge in [0.1, 0.15) is 10.6 Å². The second-order valence-electron chi connectivity index (χ2n) is 6.58. The van der Waals surface area contributed by atoms with E-state index >= 15 is 0 Å². The van der Waals surface area contributed by atoms with Crippen molar-refractivity contribution in [2.45, 2.75) is 25.7 Å². The van der Waals surface area contributed by atoms with Crippen molar-refractivity contribution < 1.29 is 22.5 Å². The molecule has 0 radical (unpaired) electrons. The van der Waals surface area contributed by atoms with Crippen molar-refractivity contribution in [1.29, 1.82) is 0 Å². The molecule has 0 unspecified atom stereocenters. The molecule has 1 heterocycles. The number of amides is 1. The van der Waals surface area contributed by atoms with Crippen molar-refractivity contribution in [3.8, 4) is 16.9 Å². The van der Waals surface area contributed by atoms with Gasteiger partial charge in [-0.1, -0.05) is 22.8 Å². The van der Waals surface area contributed by atoms with Gasteiger partial charge in [-0.05, 0) is 55.3 Å². The third kappa shape index (κ3) is 4.42. The summed E-state index contributed by atoms with van der Waals surface area (Å²) < 4.78 is 39.3. The molecular weight excluding hydrogens is 430 g/mol. The standard InChI is InChI=1S/C20H20ClN3O5S/c1-11-9-15(21)6-7-16(11)24-30(26,27)18-10-14(5-8-17(18)28-4)19-12(2)23-29-20(19)22-13(3)25/h5-10,24H,1-4H3,(H,22,25). The number of nitrogens with one attached hydrogen (secondary N) is 2. The van der Waals surface area contributed by atoms with Crippen molar-refractivity contribution in [1.82, 2.24) is 5.16 Å². The van der Waals surface area contributed by atoms with E-state index in [0.717, 1.165) is 0 Å². The van der Waals surface area contributed by atoms with Gasteiger partial charge in [0.25, 0.3) is 10.0 Å². The van der Waals surface area contributed by atoms with Crippen molar-refractivity contribution in [2.24, 2.45) is 0 Å². The summed E-state index contributed by atoms with van der Waals surface area (Å²) in [5.74, 6) is -0.0447. The number of hydrogen-bond donors (Lipinski definition) is 2. The lowest BCUT2D eigenvalue weighted by Gasteiger charge is -2.15. The first kappa shape index (κ1) is 21.7. The normalized spacial score (nSPS) is 11.2. The Labute approximate surface area is 179 Å². The van der Waals surface area contributed by atoms with Gasteiger partial charge < -0.3 is 9.26 Å². The van der Waals surface area contributed by atoms with Crippen LogP contribution in [0.25, 0.3) is 11.1 Å². The molecule has 0 aliphatic rings. The molecular formula is C20H20ClN3O5S. The molecule has 30 heavy (non-hydrogen) atoms. The molecule has 0 saturated heterocycles. The largest absolute Gasteiger partial charge is 0.495 e. The van der Waals surface area contributed by atoms with Crippen molar-refractivity contribution in [3.63, 3.8) is 0 Å². The molecule has 1 amide bonds. The van der Waals surface area contributed by atoms with Crippen molar-refractivity contribution in [2.75, 3.05) is 17.1 Å². The number of nitrogens with zero attached hydrogens (tertiary/aromatic N) is 1. The maximum Gasteiger partial charge on any atom is 0.265 e. The Hall–Kier alpha value is -3.04. The smallest absolute Gasteiger partial charge is 0.265 e. The zero-order chi connectivity index (χ0) is 22.1. The molecule has 10 heteroatoms. The quantitative estimate of drug-likeness (QED) is 0.577. The zero-order valence-electron chi connectivity index (χ0n) is 16.7. The molecule has 3 aromatic rings. The Kier molecular flexibility index (Phi) is 6.04. The molecule has 0 saturated carbocycles. The molecule has 0 spiro atoms. The summed E-state index contributed by atoms with van der Waals surface area (Å²) in [5.41, 5.74) is 2.53. The fraction of sp³-hybridized carbons (Fsp3) is 0.200. The van der Waals surface area contributed by atoms with Gasteiger partial charge in [0.2, 0.25) is 11.8 Å². The maximum atomic E-state index is 13.2. The number of hydrogen-bond acceptors (Lipinski definition) is 6. The molecule has 0 bridgehead atoms. The summed E-state index contributed by atoms with van der Waals surface area (Å²) in [6.07, 6.45) is 0. The van der Waals surface area contributed by atoms with Gasteiger partial charge in [0.15, 0.2) is 0 Å². The monoisotopic (exact) mass is 449 g/mol. The lowest BCUT2D eigenvalue weighted by molar-refractivity contribution is -0.114. The molecule has 2 aromatic carbocycles. The number of methoxy groups -OCH3 is 1. The van der Waals surface area contributed by atoms with E-state index in [1.165, 1.54) is 26.2 Å². The van der Waals surface area contributed by atoms with Gasteiger partial charge in [-0.2, -0.15) is 0 Å². The second kappa shape index (κ2) is 8.37. The summed E-state index contributed by atoms with van der Waals surface area (Å²) in [7, 11) is -2.63. The van der Waals surface area contributed by atoms with Crippen LogP contribution >= 0.6 is 11.6 Å². The molecule has 0 atom stereocenters. The van der Waals surface area contributed by atoms with E-state index in [1.807, 2.05) is 0 Å². The maximum absolute atomic E-state index is 13.2. The molecule has 8 nitrogen and oxygen atoms in total. The predicted octanol–water partition coefficient (Wildman–Crippen LogP) is 4.38. The van der Waals surface area contributed by atoms with Crippen LogP contribution in [-0.4, -0.2) is 26.6 Å². The first-order valence-electron chi connectivity index (χ1n) is 8.83. The summed E-state index contributed by atoms with van der Waals surface area (Å²) in [5, 5.41) is 6.93. The van der Waals surface area contributed by atoms with Crippen LogP contribution in [0.4, 0.5) is 11.6 Å². The van der Waals surface area contributed by atoms with Crippen LogP contribution in [0, 0.1) is 13.8 Å². The summed E-state index contributed by atoms with van der Waals surface area (Å²) >= 11 is 5.95. The van der Waals surface area contributed by atoms with Gasteiger partial charge in [-0.25, -0.2) is 8.42 Å². The van der Waals surface area contributed by atoms with E-state index in [9.17, 15) is 13.2 Å². The van der Waals surface area contributed by atoms with E-state index in [2.05, 4.69) is 15.2 Å². The van der Waals surface area contributed by atoms with Gasteiger partial charge in [0.05, 0.1) is 24.1 Å². The van der Waals surface area contributed by atoms with Gasteiger partial charge in [-0.15, -0.1) is 0 Å². The van der Waals surface area contributed by atoms with Gasteiger partial charge >= 0.3 is 0 Å². The first-order chi connectivity index (χ1) is 14.1. The molecule has 3 rings (SSSR count). The SMILES string of the molecule is COc1ccc(-c2c(C)noc2NC(C)=O)cc1S(=O)(=O)Nc1ccc(Cl)cc1C. The van der Waals surface area contributed by atoms with E-state index in [4.69, 9.17) is 20.9 Å². The van der Waals surface area contributed by atoms with Crippen LogP contribution in [0.3, 0.4) is 0 Å². The highest BCUT2D eigenvalue weighted by molar-refractivity contribution is 7.92. The van der Waals surface area contributed by atoms with Gasteiger partial charge in [0, 0.05) is 11.9 Å². The minimum absolute atomic E-state index is 0.0776. The molecule has 158 valence electrons. The Balaban J connectivity index is 2.09. The Morgan fingerprint density at radius 3 is 2.53 bits per heavy atom. The number of halogens is 1. The lowest BCUT2D eigenvalue weighted by Crippen LogP contribution is -2.15. The number of sulfonamides is 1. The third-order valence-corrected chi connectivity index (χ3v) is 5.95. The first-order valence-corrected chi connectivity index (χ1v) is 10.7. The topological polar surface area (TPSA) is 111 Å². The Morgan fingerprint density at radius 1 is 1.17 bits per heavy atom.